The van der Waals surface area contributed by atoms with Crippen LogP contribution in [-0.2, 0) is 11.3 Å². The lowest BCUT2D eigenvalue weighted by Crippen LogP contribution is -2.30. The van der Waals surface area contributed by atoms with Crippen molar-refractivity contribution in [1.29, 1.82) is 0 Å². The van der Waals surface area contributed by atoms with Gasteiger partial charge in [0, 0.05) is 37.8 Å². The highest BCUT2D eigenvalue weighted by atomic mass is 35.5. The number of ether oxygens (including phenoxy) is 1. The Kier molecular flexibility index (Phi) is 8.51. The molecule has 0 bridgehead atoms. The zero-order valence-corrected chi connectivity index (χ0v) is 12.3. The molecule has 0 spiro atoms. The van der Waals surface area contributed by atoms with Gasteiger partial charge in [-0.05, 0) is 5.92 Å². The summed E-state index contributed by atoms with van der Waals surface area (Å²) in [5.74, 6) is 0.655. The van der Waals surface area contributed by atoms with Gasteiger partial charge in [0.2, 0.25) is 0 Å². The molecule has 0 aliphatic heterocycles. The van der Waals surface area contributed by atoms with Crippen LogP contribution < -0.4 is 5.73 Å². The topological polar surface area (TPSA) is 51.4 Å². The van der Waals surface area contributed by atoms with Crippen LogP contribution in [0.15, 0.2) is 6.20 Å². The molecule has 1 aromatic rings. The molecular formula is C11H22ClN3OS. The van der Waals surface area contributed by atoms with Gasteiger partial charge in [-0.15, -0.1) is 23.7 Å². The molecule has 0 radical (unpaired) electrons. The Morgan fingerprint density at radius 1 is 1.53 bits per heavy atom. The summed E-state index contributed by atoms with van der Waals surface area (Å²) in [6, 6.07) is 0. The van der Waals surface area contributed by atoms with Crippen LogP contribution in [0.1, 0.15) is 18.7 Å². The molecule has 0 atom stereocenters. The number of nitrogen functional groups attached to an aromatic ring is 1. The van der Waals surface area contributed by atoms with Gasteiger partial charge in [0.05, 0.1) is 6.61 Å². The van der Waals surface area contributed by atoms with E-state index in [1.54, 1.807) is 18.4 Å². The molecule has 2 N–H and O–H groups in total. The molecule has 0 aliphatic carbocycles. The van der Waals surface area contributed by atoms with E-state index in [1.807, 2.05) is 6.20 Å². The van der Waals surface area contributed by atoms with Crippen molar-refractivity contribution in [2.24, 2.45) is 5.92 Å². The molecule has 1 heterocycles. The molecule has 0 aliphatic rings. The van der Waals surface area contributed by atoms with Gasteiger partial charge < -0.3 is 10.5 Å². The maximum absolute atomic E-state index is 5.62. The van der Waals surface area contributed by atoms with Crippen LogP contribution in [0.25, 0.3) is 0 Å². The number of halogens is 1. The standard InChI is InChI=1S/C11H21N3OS.ClH/c1-9(2)7-14(4-5-15-3)8-10-6-13-11(12)16-10;/h6,9H,4-5,7-8H2,1-3H3,(H2,12,13);1H. The molecule has 100 valence electrons. The van der Waals surface area contributed by atoms with Crippen LogP contribution >= 0.6 is 23.7 Å². The number of nitrogens with two attached hydrogens (primary N) is 1. The molecule has 0 unspecified atom stereocenters. The van der Waals surface area contributed by atoms with E-state index in [4.69, 9.17) is 10.5 Å². The summed E-state index contributed by atoms with van der Waals surface area (Å²) in [5.41, 5.74) is 5.62. The average molecular weight is 280 g/mol. The molecule has 0 aromatic carbocycles. The van der Waals surface area contributed by atoms with Crippen molar-refractivity contribution in [3.63, 3.8) is 0 Å². The fourth-order valence-corrected chi connectivity index (χ4v) is 2.31. The molecule has 0 amide bonds. The largest absolute Gasteiger partial charge is 0.383 e. The van der Waals surface area contributed by atoms with Gasteiger partial charge in [0.1, 0.15) is 0 Å². The maximum atomic E-state index is 5.62. The third-order valence-electron chi connectivity index (χ3n) is 2.19. The van der Waals surface area contributed by atoms with Gasteiger partial charge in [-0.2, -0.15) is 0 Å². The highest BCUT2D eigenvalue weighted by Gasteiger charge is 2.09. The predicted molar refractivity (Wildman–Crippen MR) is 75.8 cm³/mol. The minimum atomic E-state index is 0. The van der Waals surface area contributed by atoms with Gasteiger partial charge in [0.15, 0.2) is 5.13 Å². The first-order chi connectivity index (χ1) is 7.61. The van der Waals surface area contributed by atoms with Gasteiger partial charge in [0.25, 0.3) is 0 Å². The van der Waals surface area contributed by atoms with Crippen LogP contribution in [0, 0.1) is 5.92 Å². The van der Waals surface area contributed by atoms with Gasteiger partial charge >= 0.3 is 0 Å². The summed E-state index contributed by atoms with van der Waals surface area (Å²) in [6.07, 6.45) is 1.86. The SMILES string of the molecule is COCCN(Cc1cnc(N)s1)CC(C)C.Cl. The lowest BCUT2D eigenvalue weighted by atomic mass is 10.2. The molecule has 4 nitrogen and oxygen atoms in total. The van der Waals surface area contributed by atoms with Crippen LogP contribution in [0.3, 0.4) is 0 Å². The smallest absolute Gasteiger partial charge is 0.180 e. The Morgan fingerprint density at radius 3 is 2.71 bits per heavy atom. The molecule has 17 heavy (non-hydrogen) atoms. The normalized spacial score (nSPS) is 10.9. The Morgan fingerprint density at radius 2 is 2.24 bits per heavy atom. The van der Waals surface area contributed by atoms with E-state index in [0.717, 1.165) is 26.2 Å². The molecule has 6 heteroatoms. The summed E-state index contributed by atoms with van der Waals surface area (Å²) < 4.78 is 5.12. The summed E-state index contributed by atoms with van der Waals surface area (Å²) in [7, 11) is 1.73. The minimum absolute atomic E-state index is 0. The summed E-state index contributed by atoms with van der Waals surface area (Å²) in [4.78, 5) is 7.66. The van der Waals surface area contributed by atoms with Crippen LogP contribution in [0.4, 0.5) is 5.13 Å². The van der Waals surface area contributed by atoms with E-state index in [9.17, 15) is 0 Å². The zero-order valence-electron chi connectivity index (χ0n) is 10.7. The second-order valence-corrected chi connectivity index (χ2v) is 5.43. The molecule has 1 aromatic heterocycles. The van der Waals surface area contributed by atoms with E-state index >= 15 is 0 Å². The third kappa shape index (κ3) is 6.83. The second kappa shape index (κ2) is 8.69. The number of anilines is 1. The van der Waals surface area contributed by atoms with Gasteiger partial charge in [-0.1, -0.05) is 13.8 Å². The molecule has 0 saturated carbocycles. The Hall–Kier alpha value is -0.360. The van der Waals surface area contributed by atoms with Crippen LogP contribution in [0.2, 0.25) is 0 Å². The third-order valence-corrected chi connectivity index (χ3v) is 3.00. The number of hydrogen-bond donors (Lipinski definition) is 1. The van der Waals surface area contributed by atoms with Crippen LogP contribution in [-0.4, -0.2) is 36.7 Å². The quantitative estimate of drug-likeness (QED) is 0.832. The minimum Gasteiger partial charge on any atom is -0.383 e. The highest BCUT2D eigenvalue weighted by Crippen LogP contribution is 2.17. The predicted octanol–water partition coefficient (Wildman–Crippen LogP) is 2.25. The Balaban J connectivity index is 0.00000256. The van der Waals surface area contributed by atoms with Crippen molar-refractivity contribution in [3.05, 3.63) is 11.1 Å². The lowest BCUT2D eigenvalue weighted by Gasteiger charge is -2.22. The molecule has 0 saturated heterocycles. The first-order valence-electron chi connectivity index (χ1n) is 5.53. The number of aromatic nitrogens is 1. The van der Waals surface area contributed by atoms with E-state index in [0.29, 0.717) is 11.0 Å². The summed E-state index contributed by atoms with van der Waals surface area (Å²) in [6.45, 7) is 8.15. The van der Waals surface area contributed by atoms with Crippen molar-refractivity contribution in [1.82, 2.24) is 9.88 Å². The number of hydrogen-bond acceptors (Lipinski definition) is 5. The van der Waals surface area contributed by atoms with E-state index in [2.05, 4.69) is 23.7 Å². The summed E-state index contributed by atoms with van der Waals surface area (Å²) >= 11 is 1.56. The Labute approximate surface area is 114 Å². The van der Waals surface area contributed by atoms with E-state index in [1.165, 1.54) is 4.88 Å². The zero-order chi connectivity index (χ0) is 12.0. The fraction of sp³-hybridized carbons (Fsp3) is 0.727. The maximum Gasteiger partial charge on any atom is 0.180 e. The summed E-state index contributed by atoms with van der Waals surface area (Å²) in [5, 5.41) is 0.645. The fourth-order valence-electron chi connectivity index (χ4n) is 1.59. The highest BCUT2D eigenvalue weighted by molar-refractivity contribution is 7.15. The van der Waals surface area contributed by atoms with Crippen molar-refractivity contribution in [3.8, 4) is 0 Å². The molecule has 1 rings (SSSR count). The first kappa shape index (κ1) is 16.6. The number of rotatable bonds is 7. The van der Waals surface area contributed by atoms with Gasteiger partial charge in [-0.3, -0.25) is 4.90 Å². The Bertz CT molecular complexity index is 307. The van der Waals surface area contributed by atoms with E-state index in [-0.39, 0.29) is 12.4 Å². The monoisotopic (exact) mass is 279 g/mol. The number of nitrogens with zero attached hydrogens (tertiary/aromatic N) is 2. The first-order valence-corrected chi connectivity index (χ1v) is 6.35. The molecule has 0 fully saturated rings. The van der Waals surface area contributed by atoms with Crippen molar-refractivity contribution in [2.45, 2.75) is 20.4 Å². The average Bonchev–Trinajstić information content (AvgIpc) is 2.59. The van der Waals surface area contributed by atoms with Crippen molar-refractivity contribution >= 4 is 28.9 Å². The number of methoxy groups -OCH3 is 1. The van der Waals surface area contributed by atoms with Gasteiger partial charge in [-0.25, -0.2) is 4.98 Å². The molecular weight excluding hydrogens is 258 g/mol. The van der Waals surface area contributed by atoms with Crippen molar-refractivity contribution < 1.29 is 4.74 Å². The lowest BCUT2D eigenvalue weighted by molar-refractivity contribution is 0.136. The second-order valence-electron chi connectivity index (χ2n) is 4.29. The number of thiazole rings is 1. The van der Waals surface area contributed by atoms with Crippen molar-refractivity contribution in [2.75, 3.05) is 32.5 Å². The van der Waals surface area contributed by atoms with Crippen LogP contribution in [0.5, 0.6) is 0 Å². The van der Waals surface area contributed by atoms with E-state index < -0.39 is 0 Å².